The van der Waals surface area contributed by atoms with Crippen molar-refractivity contribution >= 4 is 41.9 Å². The van der Waals surface area contributed by atoms with E-state index in [-0.39, 0.29) is 12.5 Å². The van der Waals surface area contributed by atoms with Crippen molar-refractivity contribution in [3.05, 3.63) is 21.9 Å². The van der Waals surface area contributed by atoms with E-state index in [0.717, 1.165) is 12.7 Å². The van der Waals surface area contributed by atoms with Crippen LogP contribution in [0.15, 0.2) is 11.4 Å². The van der Waals surface area contributed by atoms with Crippen molar-refractivity contribution in [1.29, 1.82) is 0 Å². The zero-order valence-electron chi connectivity index (χ0n) is 13.1. The third-order valence-corrected chi connectivity index (χ3v) is 4.67. The Kier molecular flexibility index (Phi) is 5.75. The first-order valence-corrected chi connectivity index (χ1v) is 8.26. The lowest BCUT2D eigenvalue weighted by atomic mass is 9.98. The summed E-state index contributed by atoms with van der Waals surface area (Å²) in [6.45, 7) is 0.233. The molecule has 1 aromatic rings. The van der Waals surface area contributed by atoms with E-state index in [1.807, 2.05) is 11.4 Å². The molecule has 0 saturated heterocycles. The first-order valence-electron chi connectivity index (χ1n) is 6.94. The van der Waals surface area contributed by atoms with E-state index in [4.69, 9.17) is 4.74 Å². The number of thiol groups is 1. The first kappa shape index (κ1) is 18.2. The molecule has 9 heteroatoms. The lowest BCUT2D eigenvalue weighted by Gasteiger charge is -2.34. The fraction of sp³-hybridized carbons (Fsp3) is 0.400. The minimum Gasteiger partial charge on any atom is -0.466 e. The van der Waals surface area contributed by atoms with E-state index >= 15 is 0 Å². The van der Waals surface area contributed by atoms with Crippen molar-refractivity contribution in [3.8, 4) is 11.2 Å². The van der Waals surface area contributed by atoms with Gasteiger partial charge in [-0.3, -0.25) is 10.1 Å². The number of carbonyl (C=O) groups excluding carboxylic acids is 3. The van der Waals surface area contributed by atoms with Gasteiger partial charge >= 0.3 is 12.1 Å². The fourth-order valence-electron chi connectivity index (χ4n) is 2.43. The molecule has 7 nitrogen and oxygen atoms in total. The minimum absolute atomic E-state index is 0.168. The lowest BCUT2D eigenvalue weighted by Crippen LogP contribution is -2.61. The highest BCUT2D eigenvalue weighted by Gasteiger charge is 2.44. The Balaban J connectivity index is 2.34. The largest absolute Gasteiger partial charge is 0.466 e. The van der Waals surface area contributed by atoms with Crippen LogP contribution in [0.5, 0.6) is 0 Å². The van der Waals surface area contributed by atoms with Gasteiger partial charge in [0.25, 0.3) is 5.91 Å². The Morgan fingerprint density at radius 3 is 2.83 bits per heavy atom. The van der Waals surface area contributed by atoms with Gasteiger partial charge in [0.2, 0.25) is 5.54 Å². The molecule has 1 aliphatic rings. The van der Waals surface area contributed by atoms with Crippen LogP contribution in [0.3, 0.4) is 0 Å². The van der Waals surface area contributed by atoms with Crippen LogP contribution in [0.1, 0.15) is 15.2 Å². The molecule has 128 valence electrons. The highest BCUT2D eigenvalue weighted by molar-refractivity contribution is 7.85. The number of ether oxygens (including phenoxy) is 2. The maximum absolute atomic E-state index is 12.6. The van der Waals surface area contributed by atoms with E-state index in [1.54, 1.807) is 0 Å². The summed E-state index contributed by atoms with van der Waals surface area (Å²) >= 11 is 5.15. The Bertz CT molecular complexity index is 721. The minimum atomic E-state index is -1.76. The van der Waals surface area contributed by atoms with E-state index in [2.05, 4.69) is 33.9 Å². The molecule has 2 heterocycles. The molecule has 0 radical (unpaired) electrons. The van der Waals surface area contributed by atoms with Crippen molar-refractivity contribution in [1.82, 2.24) is 10.2 Å². The molecule has 2 amide bonds. The number of alkyl carbamates (subject to hydrolysis) is 1. The third kappa shape index (κ3) is 3.49. The van der Waals surface area contributed by atoms with Gasteiger partial charge in [0.15, 0.2) is 0 Å². The number of carbonyl (C=O) groups is 3. The summed E-state index contributed by atoms with van der Waals surface area (Å²) in [5.74, 6) is 1.51. The van der Waals surface area contributed by atoms with E-state index < -0.39 is 17.6 Å². The lowest BCUT2D eigenvalue weighted by molar-refractivity contribution is -0.146. The van der Waals surface area contributed by atoms with Gasteiger partial charge in [-0.25, -0.2) is 9.59 Å². The molecule has 1 atom stereocenters. The number of rotatable bonds is 4. The number of methoxy groups -OCH3 is 2. The predicted molar refractivity (Wildman–Crippen MR) is 91.0 cm³/mol. The number of amides is 2. The SMILES string of the molecule is COC(=O)N[C@](C#CS)(CN1CCc2ccsc2C1=O)C(=O)OC. The van der Waals surface area contributed by atoms with Crippen LogP contribution in [0.2, 0.25) is 0 Å². The molecule has 0 fully saturated rings. The molecule has 24 heavy (non-hydrogen) atoms. The maximum atomic E-state index is 12.6. The van der Waals surface area contributed by atoms with Crippen molar-refractivity contribution in [3.63, 3.8) is 0 Å². The Morgan fingerprint density at radius 2 is 2.21 bits per heavy atom. The molecule has 1 N–H and O–H groups in total. The predicted octanol–water partition coefficient (Wildman–Crippen LogP) is 0.905. The summed E-state index contributed by atoms with van der Waals surface area (Å²) in [7, 11) is 2.33. The van der Waals surface area contributed by atoms with Crippen LogP contribution < -0.4 is 5.32 Å². The monoisotopic (exact) mass is 368 g/mol. The van der Waals surface area contributed by atoms with Gasteiger partial charge in [-0.1, -0.05) is 12.6 Å². The van der Waals surface area contributed by atoms with Crippen LogP contribution in [0.25, 0.3) is 0 Å². The summed E-state index contributed by atoms with van der Waals surface area (Å²) in [6.07, 6.45) is -0.202. The van der Waals surface area contributed by atoms with Crippen molar-refractivity contribution in [2.45, 2.75) is 12.0 Å². The molecule has 0 bridgehead atoms. The maximum Gasteiger partial charge on any atom is 0.408 e. The highest BCUT2D eigenvalue weighted by Crippen LogP contribution is 2.25. The summed E-state index contributed by atoms with van der Waals surface area (Å²) in [5.41, 5.74) is -0.778. The van der Waals surface area contributed by atoms with Gasteiger partial charge in [-0.15, -0.1) is 11.3 Å². The zero-order chi connectivity index (χ0) is 17.7. The average Bonchev–Trinajstić information content (AvgIpc) is 3.06. The van der Waals surface area contributed by atoms with Crippen LogP contribution >= 0.6 is 24.0 Å². The number of nitrogens with one attached hydrogen (secondary N) is 1. The quantitative estimate of drug-likeness (QED) is 0.469. The molecule has 0 aromatic carbocycles. The Hall–Kier alpha value is -2.18. The van der Waals surface area contributed by atoms with E-state index in [9.17, 15) is 14.4 Å². The summed E-state index contributed by atoms with van der Waals surface area (Å²) < 4.78 is 9.32. The van der Waals surface area contributed by atoms with Gasteiger partial charge in [0.05, 0.1) is 25.6 Å². The number of esters is 1. The van der Waals surface area contributed by atoms with Gasteiger partial charge in [0.1, 0.15) is 0 Å². The Labute approximate surface area is 148 Å². The summed E-state index contributed by atoms with van der Waals surface area (Å²) in [5, 5.41) is 6.53. The van der Waals surface area contributed by atoms with E-state index in [1.165, 1.54) is 23.3 Å². The molecule has 0 spiro atoms. The fourth-order valence-corrected chi connectivity index (χ4v) is 3.54. The van der Waals surface area contributed by atoms with Gasteiger partial charge in [-0.2, -0.15) is 0 Å². The van der Waals surface area contributed by atoms with Crippen molar-refractivity contribution in [2.24, 2.45) is 0 Å². The molecule has 2 rings (SSSR count). The van der Waals surface area contributed by atoms with Crippen LogP contribution in [-0.4, -0.2) is 55.7 Å². The summed E-state index contributed by atoms with van der Waals surface area (Å²) in [4.78, 5) is 38.6. The van der Waals surface area contributed by atoms with Crippen molar-refractivity contribution < 1.29 is 23.9 Å². The normalized spacial score (nSPS) is 15.5. The number of hydrogen-bond donors (Lipinski definition) is 2. The second-order valence-electron chi connectivity index (χ2n) is 5.00. The topological polar surface area (TPSA) is 84.9 Å². The second-order valence-corrected chi connectivity index (χ2v) is 6.14. The second kappa shape index (κ2) is 7.59. The number of thiophene rings is 1. The van der Waals surface area contributed by atoms with Gasteiger partial charge < -0.3 is 14.4 Å². The molecule has 1 aliphatic heterocycles. The molecular formula is C15H16N2O5S2. The standard InChI is InChI=1S/C15H16N2O5S2/c1-21-13(19)15(5-7-23,16-14(20)22-2)9-17-6-3-10-4-8-24-11(10)12(17)18/h4,8,23H,3,6,9H2,1-2H3,(H,16,20)/t15-/m1/s1. The average molecular weight is 368 g/mol. The first-order chi connectivity index (χ1) is 11.5. The van der Waals surface area contributed by atoms with Gasteiger partial charge in [0, 0.05) is 6.54 Å². The van der Waals surface area contributed by atoms with Crippen LogP contribution in [0.4, 0.5) is 4.79 Å². The molecule has 0 aliphatic carbocycles. The number of fused-ring (bicyclic) bond motifs is 1. The van der Waals surface area contributed by atoms with E-state index in [0.29, 0.717) is 17.8 Å². The Morgan fingerprint density at radius 1 is 1.46 bits per heavy atom. The molecule has 1 aromatic heterocycles. The third-order valence-electron chi connectivity index (χ3n) is 3.61. The smallest absolute Gasteiger partial charge is 0.408 e. The van der Waals surface area contributed by atoms with Crippen molar-refractivity contribution in [2.75, 3.05) is 27.3 Å². The highest BCUT2D eigenvalue weighted by atomic mass is 32.1. The van der Waals surface area contributed by atoms with Crippen LogP contribution in [-0.2, 0) is 20.7 Å². The number of nitrogens with zero attached hydrogens (tertiary/aromatic N) is 1. The molecule has 0 saturated carbocycles. The summed E-state index contributed by atoms with van der Waals surface area (Å²) in [6, 6.07) is 1.91. The van der Waals surface area contributed by atoms with Gasteiger partial charge in [-0.05, 0) is 34.6 Å². The molecular weight excluding hydrogens is 352 g/mol. The number of hydrogen-bond acceptors (Lipinski definition) is 7. The van der Waals surface area contributed by atoms with Crippen LogP contribution in [0, 0.1) is 11.2 Å². The zero-order valence-corrected chi connectivity index (χ0v) is 14.8. The molecule has 0 unspecified atom stereocenters.